The zero-order valence-electron chi connectivity index (χ0n) is 9.48. The highest BCUT2D eigenvalue weighted by Crippen LogP contribution is 2.45. The molecule has 1 N–H and O–H groups in total. The second-order valence-electron chi connectivity index (χ2n) is 5.15. The summed E-state index contributed by atoms with van der Waals surface area (Å²) in [6.45, 7) is 0.918. The number of phenols is 1. The molecule has 2 unspecified atom stereocenters. The van der Waals surface area contributed by atoms with Crippen LogP contribution in [0.25, 0.3) is 0 Å². The Morgan fingerprint density at radius 1 is 1.12 bits per heavy atom. The molecule has 2 aliphatic heterocycles. The Morgan fingerprint density at radius 2 is 1.94 bits per heavy atom. The average molecular weight is 218 g/mol. The SMILES string of the molecule is Oc1ccc(C23CCCC(CC2)CO3)cc1. The molecule has 2 saturated heterocycles. The average Bonchev–Trinajstić information content (AvgIpc) is 2.64. The molecule has 2 bridgehead atoms. The predicted octanol–water partition coefficient (Wildman–Crippen LogP) is 3.20. The molecule has 3 aliphatic rings. The highest BCUT2D eigenvalue weighted by atomic mass is 16.5. The second-order valence-corrected chi connectivity index (χ2v) is 5.15. The lowest BCUT2D eigenvalue weighted by Gasteiger charge is -2.37. The maximum Gasteiger partial charge on any atom is 0.115 e. The van der Waals surface area contributed by atoms with Crippen LogP contribution in [0.4, 0.5) is 0 Å². The van der Waals surface area contributed by atoms with E-state index in [2.05, 4.69) is 0 Å². The third-order valence-electron chi connectivity index (χ3n) is 4.14. The monoisotopic (exact) mass is 218 g/mol. The van der Waals surface area contributed by atoms with E-state index in [4.69, 9.17) is 4.74 Å². The molecule has 0 amide bonds. The Bertz CT molecular complexity index is 355. The molecule has 2 heteroatoms. The van der Waals surface area contributed by atoms with Crippen molar-refractivity contribution in [3.8, 4) is 5.75 Å². The third kappa shape index (κ3) is 1.61. The smallest absolute Gasteiger partial charge is 0.115 e. The number of phenolic OH excluding ortho intramolecular Hbond substituents is 1. The van der Waals surface area contributed by atoms with E-state index in [1.807, 2.05) is 12.1 Å². The first kappa shape index (κ1) is 10.2. The first-order valence-electron chi connectivity index (χ1n) is 6.22. The fourth-order valence-electron chi connectivity index (χ4n) is 3.11. The van der Waals surface area contributed by atoms with Crippen molar-refractivity contribution >= 4 is 0 Å². The van der Waals surface area contributed by atoms with Crippen LogP contribution in [0.15, 0.2) is 24.3 Å². The summed E-state index contributed by atoms with van der Waals surface area (Å²) < 4.78 is 6.13. The van der Waals surface area contributed by atoms with Crippen molar-refractivity contribution in [2.75, 3.05) is 6.61 Å². The number of ether oxygens (including phenoxy) is 1. The topological polar surface area (TPSA) is 29.5 Å². The minimum atomic E-state index is -0.0549. The molecule has 0 radical (unpaired) electrons. The lowest BCUT2D eigenvalue weighted by molar-refractivity contribution is -0.0954. The van der Waals surface area contributed by atoms with E-state index in [1.165, 1.54) is 24.8 Å². The first-order chi connectivity index (χ1) is 7.78. The Morgan fingerprint density at radius 3 is 2.62 bits per heavy atom. The maximum absolute atomic E-state index is 9.34. The van der Waals surface area contributed by atoms with Crippen LogP contribution >= 0.6 is 0 Å². The summed E-state index contributed by atoms with van der Waals surface area (Å²) in [5.74, 6) is 1.12. The van der Waals surface area contributed by atoms with E-state index in [1.54, 1.807) is 12.1 Å². The molecule has 4 rings (SSSR count). The van der Waals surface area contributed by atoms with Gasteiger partial charge in [-0.25, -0.2) is 0 Å². The van der Waals surface area contributed by atoms with Crippen molar-refractivity contribution in [3.63, 3.8) is 0 Å². The summed E-state index contributed by atoms with van der Waals surface area (Å²) in [6, 6.07) is 7.57. The summed E-state index contributed by atoms with van der Waals surface area (Å²) in [5, 5.41) is 9.34. The van der Waals surface area contributed by atoms with Gasteiger partial charge in [0.25, 0.3) is 0 Å². The van der Waals surface area contributed by atoms with Crippen LogP contribution in [0.1, 0.15) is 37.7 Å². The van der Waals surface area contributed by atoms with Gasteiger partial charge in [-0.15, -0.1) is 0 Å². The van der Waals surface area contributed by atoms with E-state index in [9.17, 15) is 5.11 Å². The maximum atomic E-state index is 9.34. The van der Waals surface area contributed by atoms with Crippen LogP contribution in [-0.4, -0.2) is 11.7 Å². The van der Waals surface area contributed by atoms with Gasteiger partial charge < -0.3 is 9.84 Å². The second kappa shape index (κ2) is 3.77. The minimum absolute atomic E-state index is 0.0549. The van der Waals surface area contributed by atoms with E-state index in [-0.39, 0.29) is 5.60 Å². The van der Waals surface area contributed by atoms with Crippen molar-refractivity contribution in [1.29, 1.82) is 0 Å². The summed E-state index contributed by atoms with van der Waals surface area (Å²) in [4.78, 5) is 0. The van der Waals surface area contributed by atoms with Crippen LogP contribution in [0.5, 0.6) is 5.75 Å². The molecule has 1 saturated carbocycles. The number of fused-ring (bicyclic) bond motifs is 4. The van der Waals surface area contributed by atoms with Crippen molar-refractivity contribution in [2.45, 2.75) is 37.7 Å². The van der Waals surface area contributed by atoms with Crippen LogP contribution in [-0.2, 0) is 10.3 Å². The van der Waals surface area contributed by atoms with Crippen LogP contribution in [0.3, 0.4) is 0 Å². The quantitative estimate of drug-likeness (QED) is 0.784. The Hall–Kier alpha value is -1.02. The Balaban J connectivity index is 1.94. The zero-order valence-corrected chi connectivity index (χ0v) is 9.48. The van der Waals surface area contributed by atoms with Gasteiger partial charge in [0, 0.05) is 0 Å². The van der Waals surface area contributed by atoms with Crippen molar-refractivity contribution in [1.82, 2.24) is 0 Å². The Kier molecular flexibility index (Phi) is 2.40. The van der Waals surface area contributed by atoms with E-state index in [0.29, 0.717) is 5.75 Å². The highest BCUT2D eigenvalue weighted by Gasteiger charge is 2.40. The highest BCUT2D eigenvalue weighted by molar-refractivity contribution is 5.30. The van der Waals surface area contributed by atoms with Gasteiger partial charge in [0.15, 0.2) is 0 Å². The van der Waals surface area contributed by atoms with Crippen LogP contribution < -0.4 is 0 Å². The van der Waals surface area contributed by atoms with Crippen molar-refractivity contribution in [3.05, 3.63) is 29.8 Å². The van der Waals surface area contributed by atoms with Gasteiger partial charge in [-0.3, -0.25) is 0 Å². The lowest BCUT2D eigenvalue weighted by atomic mass is 9.84. The van der Waals surface area contributed by atoms with Crippen LogP contribution in [0, 0.1) is 5.92 Å². The largest absolute Gasteiger partial charge is 0.508 e. The van der Waals surface area contributed by atoms with E-state index >= 15 is 0 Å². The fraction of sp³-hybridized carbons (Fsp3) is 0.571. The molecular weight excluding hydrogens is 200 g/mol. The first-order valence-corrected chi connectivity index (χ1v) is 6.22. The number of aromatic hydroxyl groups is 1. The number of hydrogen-bond acceptors (Lipinski definition) is 2. The standard InChI is InChI=1S/C14H18O2/c15-13-5-3-12(4-6-13)14-8-1-2-11(7-9-14)10-16-14/h3-6,11,15H,1-2,7-10H2. The molecule has 86 valence electrons. The molecule has 3 fully saturated rings. The molecular formula is C14H18O2. The van der Waals surface area contributed by atoms with Gasteiger partial charge >= 0.3 is 0 Å². The van der Waals surface area contributed by atoms with Gasteiger partial charge in [-0.2, -0.15) is 0 Å². The number of rotatable bonds is 1. The molecule has 1 aliphatic carbocycles. The summed E-state index contributed by atoms with van der Waals surface area (Å²) in [6.07, 6.45) is 6.16. The molecule has 2 atom stereocenters. The fourth-order valence-corrected chi connectivity index (χ4v) is 3.11. The van der Waals surface area contributed by atoms with E-state index < -0.39 is 0 Å². The summed E-state index contributed by atoms with van der Waals surface area (Å²) >= 11 is 0. The van der Waals surface area contributed by atoms with Crippen LogP contribution in [0.2, 0.25) is 0 Å². The molecule has 1 aromatic rings. The molecule has 1 aromatic carbocycles. The molecule has 2 nitrogen and oxygen atoms in total. The minimum Gasteiger partial charge on any atom is -0.508 e. The molecule has 0 spiro atoms. The third-order valence-corrected chi connectivity index (χ3v) is 4.14. The predicted molar refractivity (Wildman–Crippen MR) is 62.3 cm³/mol. The lowest BCUT2D eigenvalue weighted by Crippen LogP contribution is -2.34. The van der Waals surface area contributed by atoms with Gasteiger partial charge in [0.2, 0.25) is 0 Å². The molecule has 2 heterocycles. The van der Waals surface area contributed by atoms with Gasteiger partial charge in [-0.05, 0) is 55.7 Å². The zero-order chi connectivity index (χ0) is 11.0. The van der Waals surface area contributed by atoms with Gasteiger partial charge in [0.05, 0.1) is 12.2 Å². The number of benzene rings is 1. The van der Waals surface area contributed by atoms with E-state index in [0.717, 1.165) is 25.4 Å². The normalized spacial score (nSPS) is 33.6. The number of hydrogen-bond donors (Lipinski definition) is 1. The summed E-state index contributed by atoms with van der Waals surface area (Å²) in [5.41, 5.74) is 1.19. The molecule has 16 heavy (non-hydrogen) atoms. The Labute approximate surface area is 96.2 Å². The summed E-state index contributed by atoms with van der Waals surface area (Å²) in [7, 11) is 0. The molecule has 0 aromatic heterocycles. The van der Waals surface area contributed by atoms with Crippen molar-refractivity contribution < 1.29 is 9.84 Å². The van der Waals surface area contributed by atoms with Crippen molar-refractivity contribution in [2.24, 2.45) is 5.92 Å². The van der Waals surface area contributed by atoms with Gasteiger partial charge in [-0.1, -0.05) is 12.1 Å². The van der Waals surface area contributed by atoms with Gasteiger partial charge in [0.1, 0.15) is 5.75 Å².